The lowest BCUT2D eigenvalue weighted by Crippen LogP contribution is -2.14. The average molecular weight is 388 g/mol. The van der Waals surface area contributed by atoms with Crippen molar-refractivity contribution in [1.29, 1.82) is 0 Å². The number of ether oxygens (including phenoxy) is 1. The molecule has 0 aliphatic carbocycles. The number of nitrogens with one attached hydrogen (secondary N) is 1. The molecule has 112 valence electrons. The molecule has 1 N–H and O–H groups in total. The second-order valence-electron chi connectivity index (χ2n) is 4.10. The number of rotatable bonds is 5. The summed E-state index contributed by atoms with van der Waals surface area (Å²) in [7, 11) is -2.29. The second kappa shape index (κ2) is 6.72. The number of thioether (sulfide) groups is 1. The zero-order valence-electron chi connectivity index (χ0n) is 11.5. The van der Waals surface area contributed by atoms with Crippen molar-refractivity contribution >= 4 is 43.4 Å². The van der Waals surface area contributed by atoms with Crippen molar-refractivity contribution in [3.05, 3.63) is 46.9 Å². The van der Waals surface area contributed by atoms with E-state index in [0.717, 1.165) is 4.90 Å². The van der Waals surface area contributed by atoms with E-state index in [-0.39, 0.29) is 4.90 Å². The van der Waals surface area contributed by atoms with Crippen LogP contribution in [0.1, 0.15) is 0 Å². The maximum absolute atomic E-state index is 12.6. The van der Waals surface area contributed by atoms with Crippen LogP contribution in [0.4, 0.5) is 5.69 Å². The molecule has 21 heavy (non-hydrogen) atoms. The van der Waals surface area contributed by atoms with Gasteiger partial charge < -0.3 is 4.74 Å². The van der Waals surface area contributed by atoms with Crippen LogP contribution in [0.5, 0.6) is 5.75 Å². The van der Waals surface area contributed by atoms with Gasteiger partial charge in [-0.2, -0.15) is 0 Å². The Hall–Kier alpha value is -1.18. The minimum atomic E-state index is -3.73. The van der Waals surface area contributed by atoms with Gasteiger partial charge in [-0.15, -0.1) is 11.8 Å². The van der Waals surface area contributed by atoms with Crippen molar-refractivity contribution in [2.75, 3.05) is 18.1 Å². The van der Waals surface area contributed by atoms with E-state index in [0.29, 0.717) is 15.9 Å². The fourth-order valence-electron chi connectivity index (χ4n) is 1.79. The molecule has 0 heterocycles. The van der Waals surface area contributed by atoms with Crippen molar-refractivity contribution in [2.24, 2.45) is 0 Å². The molecule has 0 spiro atoms. The Morgan fingerprint density at radius 2 is 1.90 bits per heavy atom. The highest BCUT2D eigenvalue weighted by Gasteiger charge is 2.21. The predicted octanol–water partition coefficient (Wildman–Crippen LogP) is 3.98. The highest BCUT2D eigenvalue weighted by molar-refractivity contribution is 9.10. The molecular weight excluding hydrogens is 374 g/mol. The summed E-state index contributed by atoms with van der Waals surface area (Å²) in [5, 5.41) is 0. The van der Waals surface area contributed by atoms with Crippen LogP contribution in [0, 0.1) is 0 Å². The van der Waals surface area contributed by atoms with Crippen molar-refractivity contribution in [2.45, 2.75) is 9.79 Å². The Kier molecular flexibility index (Phi) is 5.18. The zero-order chi connectivity index (χ0) is 15.5. The first kappa shape index (κ1) is 16.2. The van der Waals surface area contributed by atoms with E-state index < -0.39 is 10.0 Å². The van der Waals surface area contributed by atoms with E-state index in [4.69, 9.17) is 4.74 Å². The van der Waals surface area contributed by atoms with Crippen LogP contribution in [0.15, 0.2) is 56.7 Å². The molecule has 0 fully saturated rings. The lowest BCUT2D eigenvalue weighted by atomic mass is 10.3. The number of benzene rings is 2. The predicted molar refractivity (Wildman–Crippen MR) is 89.7 cm³/mol. The molecule has 0 saturated heterocycles. The largest absolute Gasteiger partial charge is 0.495 e. The van der Waals surface area contributed by atoms with Gasteiger partial charge in [0.15, 0.2) is 0 Å². The number of hydrogen-bond donors (Lipinski definition) is 1. The van der Waals surface area contributed by atoms with Gasteiger partial charge >= 0.3 is 0 Å². The van der Waals surface area contributed by atoms with Crippen LogP contribution in [0.3, 0.4) is 0 Å². The lowest BCUT2D eigenvalue weighted by Gasteiger charge is -2.13. The van der Waals surface area contributed by atoms with E-state index in [1.54, 1.807) is 24.3 Å². The minimum absolute atomic E-state index is 0.0929. The van der Waals surface area contributed by atoms with Gasteiger partial charge in [0.2, 0.25) is 0 Å². The van der Waals surface area contributed by atoms with Gasteiger partial charge in [-0.25, -0.2) is 8.42 Å². The Morgan fingerprint density at radius 1 is 1.19 bits per heavy atom. The number of hydrogen-bond acceptors (Lipinski definition) is 4. The number of anilines is 1. The topological polar surface area (TPSA) is 55.4 Å². The van der Waals surface area contributed by atoms with Gasteiger partial charge in [0.1, 0.15) is 10.6 Å². The summed E-state index contributed by atoms with van der Waals surface area (Å²) in [6, 6.07) is 12.1. The maximum Gasteiger partial charge on any atom is 0.265 e. The van der Waals surface area contributed by atoms with Crippen LogP contribution < -0.4 is 9.46 Å². The molecule has 7 heteroatoms. The van der Waals surface area contributed by atoms with E-state index in [9.17, 15) is 8.42 Å². The van der Waals surface area contributed by atoms with E-state index in [1.165, 1.54) is 24.9 Å². The van der Waals surface area contributed by atoms with Crippen molar-refractivity contribution < 1.29 is 13.2 Å². The molecule has 0 bridgehead atoms. The van der Waals surface area contributed by atoms with E-state index >= 15 is 0 Å². The molecule has 0 aliphatic rings. The van der Waals surface area contributed by atoms with E-state index in [2.05, 4.69) is 20.7 Å². The van der Waals surface area contributed by atoms with Crippen molar-refractivity contribution in [3.8, 4) is 5.75 Å². The van der Waals surface area contributed by atoms with Crippen molar-refractivity contribution in [1.82, 2.24) is 0 Å². The third-order valence-electron chi connectivity index (χ3n) is 2.77. The fraction of sp³-hybridized carbons (Fsp3) is 0.143. The normalized spacial score (nSPS) is 11.2. The summed E-state index contributed by atoms with van der Waals surface area (Å²) < 4.78 is 33.6. The van der Waals surface area contributed by atoms with E-state index in [1.807, 2.05) is 18.4 Å². The average Bonchev–Trinajstić information content (AvgIpc) is 2.47. The third kappa shape index (κ3) is 3.72. The fourth-order valence-corrected chi connectivity index (χ4v) is 4.20. The van der Waals surface area contributed by atoms with Gasteiger partial charge in [0.25, 0.3) is 10.0 Å². The molecule has 4 nitrogen and oxygen atoms in total. The Balaban J connectivity index is 2.46. The quantitative estimate of drug-likeness (QED) is 0.788. The smallest absolute Gasteiger partial charge is 0.265 e. The molecule has 0 radical (unpaired) electrons. The standard InChI is InChI=1S/C14H14BrNO3S2/c1-19-12-8-7-10(15)9-14(12)21(17,18)16-11-5-3-4-6-13(11)20-2/h3-9,16H,1-2H3. The SMILES string of the molecule is COc1ccc(Br)cc1S(=O)(=O)Nc1ccccc1SC. The first-order valence-corrected chi connectivity index (χ1v) is 9.47. The number of para-hydroxylation sites is 1. The Bertz CT molecular complexity index is 748. The van der Waals surface area contributed by atoms with Gasteiger partial charge in [0, 0.05) is 9.37 Å². The zero-order valence-corrected chi connectivity index (χ0v) is 14.7. The summed E-state index contributed by atoms with van der Waals surface area (Å²) in [4.78, 5) is 0.949. The van der Waals surface area contributed by atoms with Crippen LogP contribution in [0.25, 0.3) is 0 Å². The number of methoxy groups -OCH3 is 1. The summed E-state index contributed by atoms with van der Waals surface area (Å²) >= 11 is 4.76. The first-order chi connectivity index (χ1) is 9.97. The van der Waals surface area contributed by atoms with Gasteiger partial charge in [0.05, 0.1) is 12.8 Å². The van der Waals surface area contributed by atoms with Crippen LogP contribution in [-0.2, 0) is 10.0 Å². The highest BCUT2D eigenvalue weighted by atomic mass is 79.9. The first-order valence-electron chi connectivity index (χ1n) is 5.97. The number of halogens is 1. The molecule has 2 aromatic rings. The van der Waals surface area contributed by atoms with Gasteiger partial charge in [-0.3, -0.25) is 4.72 Å². The second-order valence-corrected chi connectivity index (χ2v) is 7.52. The number of sulfonamides is 1. The molecule has 2 aromatic carbocycles. The van der Waals surface area contributed by atoms with Gasteiger partial charge in [-0.05, 0) is 36.6 Å². The minimum Gasteiger partial charge on any atom is -0.495 e. The Morgan fingerprint density at radius 3 is 2.57 bits per heavy atom. The molecule has 2 rings (SSSR count). The molecule has 0 amide bonds. The molecule has 0 aromatic heterocycles. The van der Waals surface area contributed by atoms with Crippen LogP contribution in [-0.4, -0.2) is 21.8 Å². The summed E-state index contributed by atoms with van der Waals surface area (Å²) in [5.74, 6) is 0.298. The van der Waals surface area contributed by atoms with Crippen LogP contribution in [0.2, 0.25) is 0 Å². The molecule has 0 aliphatic heterocycles. The Labute approximate surface area is 137 Å². The van der Waals surface area contributed by atoms with Crippen LogP contribution >= 0.6 is 27.7 Å². The lowest BCUT2D eigenvalue weighted by molar-refractivity contribution is 0.403. The molecular formula is C14H14BrNO3S2. The maximum atomic E-state index is 12.6. The molecule has 0 saturated carbocycles. The monoisotopic (exact) mass is 387 g/mol. The summed E-state index contributed by atoms with van der Waals surface area (Å²) in [6.45, 7) is 0. The molecule has 0 atom stereocenters. The van der Waals surface area contributed by atoms with Crippen molar-refractivity contribution in [3.63, 3.8) is 0 Å². The summed E-state index contributed by atoms with van der Waals surface area (Å²) in [5.41, 5.74) is 0.548. The van der Waals surface area contributed by atoms with Gasteiger partial charge in [-0.1, -0.05) is 28.1 Å². The summed E-state index contributed by atoms with van der Waals surface area (Å²) in [6.07, 6.45) is 1.90. The highest BCUT2D eigenvalue weighted by Crippen LogP contribution is 2.31. The third-order valence-corrected chi connectivity index (χ3v) is 5.44. The molecule has 0 unspecified atom stereocenters.